The SMILES string of the molecule is Cc1nc(N)nc(-c2cc([C@@H](C)N3CCN(S(C)(=O)=O)CC3C)cnc2Nc2ccc(Cl)nc2)n1. The van der Waals surface area contributed by atoms with Crippen LogP contribution in [0.5, 0.6) is 0 Å². The van der Waals surface area contributed by atoms with Crippen LogP contribution in [0.4, 0.5) is 17.5 Å². The van der Waals surface area contributed by atoms with Crippen molar-refractivity contribution in [2.45, 2.75) is 32.9 Å². The lowest BCUT2D eigenvalue weighted by Crippen LogP contribution is -2.53. The average Bonchev–Trinajstić information content (AvgIpc) is 2.79. The number of aryl methyl sites for hydroxylation is 1. The predicted octanol–water partition coefficient (Wildman–Crippen LogP) is 2.64. The molecule has 3 aromatic heterocycles. The van der Waals surface area contributed by atoms with Gasteiger partial charge in [-0.1, -0.05) is 11.6 Å². The first-order valence-corrected chi connectivity index (χ1v) is 13.3. The summed E-state index contributed by atoms with van der Waals surface area (Å²) >= 11 is 5.92. The molecule has 3 aromatic rings. The third kappa shape index (κ3) is 5.84. The van der Waals surface area contributed by atoms with Crippen molar-refractivity contribution in [3.63, 3.8) is 0 Å². The summed E-state index contributed by atoms with van der Waals surface area (Å²) in [5.41, 5.74) is 8.21. The summed E-state index contributed by atoms with van der Waals surface area (Å²) in [6.45, 7) is 7.36. The predicted molar refractivity (Wildman–Crippen MR) is 136 cm³/mol. The fourth-order valence-corrected chi connectivity index (χ4v) is 5.21. The Kier molecular flexibility index (Phi) is 7.17. The van der Waals surface area contributed by atoms with Crippen molar-refractivity contribution in [2.24, 2.45) is 0 Å². The van der Waals surface area contributed by atoms with Crippen LogP contribution in [0.3, 0.4) is 0 Å². The second kappa shape index (κ2) is 9.97. The highest BCUT2D eigenvalue weighted by molar-refractivity contribution is 7.88. The lowest BCUT2D eigenvalue weighted by atomic mass is 10.0. The molecule has 1 fully saturated rings. The van der Waals surface area contributed by atoms with E-state index < -0.39 is 10.0 Å². The number of nitrogens with two attached hydrogens (primary N) is 1. The molecule has 0 aliphatic carbocycles. The van der Waals surface area contributed by atoms with Crippen LogP contribution >= 0.6 is 11.6 Å². The van der Waals surface area contributed by atoms with Gasteiger partial charge in [-0.15, -0.1) is 0 Å². The number of nitrogens with one attached hydrogen (secondary N) is 1. The number of rotatable bonds is 6. The van der Waals surface area contributed by atoms with Gasteiger partial charge < -0.3 is 11.1 Å². The average molecular weight is 518 g/mol. The number of piperazine rings is 1. The molecule has 0 saturated carbocycles. The van der Waals surface area contributed by atoms with Crippen molar-refractivity contribution in [1.82, 2.24) is 34.1 Å². The zero-order chi connectivity index (χ0) is 25.3. The van der Waals surface area contributed by atoms with Gasteiger partial charge in [0.25, 0.3) is 0 Å². The quantitative estimate of drug-likeness (QED) is 0.468. The Labute approximate surface area is 209 Å². The standard InChI is InChI=1S/C22H28ClN9O2S/c1-13-12-31(35(4,33)34)7-8-32(13)14(2)16-9-18(21-27-15(3)28-22(24)30-21)20(26-10-16)29-17-5-6-19(23)25-11-17/h5-6,9-11,13-14H,7-8,12H2,1-4H3,(H,26,29)(H2,24,27,28,30)/t13?,14-/m1/s1. The fourth-order valence-electron chi connectivity index (χ4n) is 4.20. The molecule has 13 heteroatoms. The van der Waals surface area contributed by atoms with E-state index in [1.165, 1.54) is 10.6 Å². The molecule has 0 aromatic carbocycles. The first kappa shape index (κ1) is 25.2. The smallest absolute Gasteiger partial charge is 0.223 e. The first-order valence-electron chi connectivity index (χ1n) is 11.1. The number of nitrogens with zero attached hydrogens (tertiary/aromatic N) is 7. The number of pyridine rings is 2. The summed E-state index contributed by atoms with van der Waals surface area (Å²) in [4.78, 5) is 24.0. The van der Waals surface area contributed by atoms with Crippen molar-refractivity contribution in [2.75, 3.05) is 36.9 Å². The van der Waals surface area contributed by atoms with Gasteiger partial charge in [0.1, 0.15) is 16.8 Å². The van der Waals surface area contributed by atoms with Gasteiger partial charge in [0.05, 0.1) is 23.7 Å². The Hall–Kier alpha value is -2.93. The van der Waals surface area contributed by atoms with Gasteiger partial charge in [0.2, 0.25) is 16.0 Å². The van der Waals surface area contributed by atoms with E-state index in [0.29, 0.717) is 53.5 Å². The number of hydrogen-bond acceptors (Lipinski definition) is 10. The van der Waals surface area contributed by atoms with Crippen LogP contribution in [-0.4, -0.2) is 74.5 Å². The Bertz CT molecular complexity index is 1300. The summed E-state index contributed by atoms with van der Waals surface area (Å²) in [5, 5.41) is 3.64. The molecule has 1 aliphatic heterocycles. The Balaban J connectivity index is 1.69. The van der Waals surface area contributed by atoms with Gasteiger partial charge in [-0.3, -0.25) is 4.90 Å². The van der Waals surface area contributed by atoms with Crippen molar-refractivity contribution in [3.8, 4) is 11.4 Å². The minimum atomic E-state index is -3.22. The third-order valence-corrected chi connectivity index (χ3v) is 7.49. The number of sulfonamides is 1. The second-order valence-corrected chi connectivity index (χ2v) is 11.0. The molecule has 186 valence electrons. The molecule has 1 saturated heterocycles. The van der Waals surface area contributed by atoms with E-state index in [1.807, 2.05) is 13.0 Å². The summed E-state index contributed by atoms with van der Waals surface area (Å²) in [6, 6.07) is 5.47. The summed E-state index contributed by atoms with van der Waals surface area (Å²) < 4.78 is 25.5. The fraction of sp³-hybridized carbons (Fsp3) is 0.409. The van der Waals surface area contributed by atoms with E-state index in [-0.39, 0.29) is 18.0 Å². The van der Waals surface area contributed by atoms with Gasteiger partial charge in [-0.25, -0.2) is 23.4 Å². The maximum Gasteiger partial charge on any atom is 0.223 e. The van der Waals surface area contributed by atoms with Crippen molar-refractivity contribution in [1.29, 1.82) is 0 Å². The molecular formula is C22H28ClN9O2S. The largest absolute Gasteiger partial charge is 0.368 e. The van der Waals surface area contributed by atoms with Gasteiger partial charge in [-0.2, -0.15) is 14.3 Å². The van der Waals surface area contributed by atoms with E-state index in [1.54, 1.807) is 31.5 Å². The number of aromatic nitrogens is 5. The molecule has 0 amide bonds. The Morgan fingerprint density at radius 1 is 1.17 bits per heavy atom. The number of halogens is 1. The lowest BCUT2D eigenvalue weighted by molar-refractivity contribution is 0.0906. The van der Waals surface area contributed by atoms with Crippen LogP contribution < -0.4 is 11.1 Å². The topological polar surface area (TPSA) is 143 Å². The molecule has 0 radical (unpaired) electrons. The molecule has 35 heavy (non-hydrogen) atoms. The lowest BCUT2D eigenvalue weighted by Gasteiger charge is -2.42. The number of anilines is 3. The van der Waals surface area contributed by atoms with E-state index in [4.69, 9.17) is 17.3 Å². The van der Waals surface area contributed by atoms with Crippen molar-refractivity contribution < 1.29 is 8.42 Å². The zero-order valence-corrected chi connectivity index (χ0v) is 21.5. The van der Waals surface area contributed by atoms with Gasteiger partial charge in [0, 0.05) is 37.9 Å². The van der Waals surface area contributed by atoms with Crippen LogP contribution in [0.1, 0.15) is 31.3 Å². The molecule has 0 spiro atoms. The van der Waals surface area contributed by atoms with E-state index in [2.05, 4.69) is 42.1 Å². The highest BCUT2D eigenvalue weighted by Gasteiger charge is 2.32. The normalized spacial score (nSPS) is 18.4. The maximum absolute atomic E-state index is 12.0. The van der Waals surface area contributed by atoms with E-state index in [0.717, 1.165) is 5.56 Å². The molecule has 2 atom stereocenters. The second-order valence-electron chi connectivity index (χ2n) is 8.61. The first-order chi connectivity index (χ1) is 16.5. The van der Waals surface area contributed by atoms with Gasteiger partial charge in [0.15, 0.2) is 5.82 Å². The molecule has 0 bridgehead atoms. The van der Waals surface area contributed by atoms with Crippen molar-refractivity contribution in [3.05, 3.63) is 47.1 Å². The van der Waals surface area contributed by atoms with Crippen molar-refractivity contribution >= 4 is 39.1 Å². The van der Waals surface area contributed by atoms with E-state index >= 15 is 0 Å². The molecule has 3 N–H and O–H groups in total. The minimum Gasteiger partial charge on any atom is -0.368 e. The highest BCUT2D eigenvalue weighted by Crippen LogP contribution is 2.32. The molecule has 1 aliphatic rings. The van der Waals surface area contributed by atoms with Crippen LogP contribution in [-0.2, 0) is 10.0 Å². The summed E-state index contributed by atoms with van der Waals surface area (Å²) in [5.74, 6) is 1.55. The van der Waals surface area contributed by atoms with Crippen LogP contribution in [0.2, 0.25) is 5.15 Å². The third-order valence-electron chi connectivity index (χ3n) is 5.99. The summed E-state index contributed by atoms with van der Waals surface area (Å²) in [6.07, 6.45) is 4.66. The molecule has 4 heterocycles. The Morgan fingerprint density at radius 3 is 2.57 bits per heavy atom. The highest BCUT2D eigenvalue weighted by atomic mass is 35.5. The number of hydrogen-bond donors (Lipinski definition) is 2. The monoisotopic (exact) mass is 517 g/mol. The molecule has 1 unspecified atom stereocenters. The van der Waals surface area contributed by atoms with Crippen LogP contribution in [0.25, 0.3) is 11.4 Å². The van der Waals surface area contributed by atoms with Gasteiger partial charge >= 0.3 is 0 Å². The maximum atomic E-state index is 12.0. The number of nitrogen functional groups attached to an aromatic ring is 1. The zero-order valence-electron chi connectivity index (χ0n) is 20.0. The van der Waals surface area contributed by atoms with Crippen LogP contribution in [0, 0.1) is 6.92 Å². The molecule has 4 rings (SSSR count). The van der Waals surface area contributed by atoms with Gasteiger partial charge in [-0.05, 0) is 44.5 Å². The van der Waals surface area contributed by atoms with E-state index in [9.17, 15) is 8.42 Å². The Morgan fingerprint density at radius 2 is 1.94 bits per heavy atom. The van der Waals surface area contributed by atoms with Crippen LogP contribution in [0.15, 0.2) is 30.6 Å². The summed E-state index contributed by atoms with van der Waals surface area (Å²) in [7, 11) is -3.22. The minimum absolute atomic E-state index is 0.0236. The molecule has 11 nitrogen and oxygen atoms in total. The molecular weight excluding hydrogens is 490 g/mol.